The van der Waals surface area contributed by atoms with E-state index >= 15 is 0 Å². The molecule has 1 N–H and O–H groups in total. The number of benzene rings is 2. The minimum absolute atomic E-state index is 0.0277. The van der Waals surface area contributed by atoms with Crippen molar-refractivity contribution in [1.82, 2.24) is 14.8 Å². The lowest BCUT2D eigenvalue weighted by Crippen LogP contribution is -2.53. The van der Waals surface area contributed by atoms with E-state index in [1.807, 2.05) is 54.7 Å². The highest BCUT2D eigenvalue weighted by Crippen LogP contribution is 2.37. The van der Waals surface area contributed by atoms with Gasteiger partial charge < -0.3 is 23.7 Å². The van der Waals surface area contributed by atoms with Crippen molar-refractivity contribution >= 4 is 50.6 Å². The third-order valence-corrected chi connectivity index (χ3v) is 8.23. The van der Waals surface area contributed by atoms with Gasteiger partial charge in [0.1, 0.15) is 6.61 Å². The van der Waals surface area contributed by atoms with Gasteiger partial charge in [-0.3, -0.25) is 15.0 Å². The van der Waals surface area contributed by atoms with E-state index in [1.165, 1.54) is 0 Å². The fourth-order valence-corrected chi connectivity index (χ4v) is 5.90. The highest BCUT2D eigenvalue weighted by atomic mass is 79.9. The Morgan fingerprint density at radius 1 is 1.05 bits per heavy atom. The lowest BCUT2D eigenvalue weighted by atomic mass is 10.0. The monoisotopic (exact) mass is 596 g/mol. The number of piperidine rings is 1. The molecule has 0 radical (unpaired) electrons. The molecule has 0 atom stereocenters. The maximum absolute atomic E-state index is 12.5. The standard InChI is InChI=1S/C28H29BrN4O6/c29-23-15-33(24-7-6-20(14-22(23)24)32-11-8-25(34)30-26(32)35)21-17-38-28(39-18-21)9-12-31(13-10-28)27(36)37-16-19-4-2-1-3-5-19/h1-7,14-15,21H,8-13,16-18H2,(H,30,34,35). The van der Waals surface area contributed by atoms with Crippen LogP contribution in [-0.2, 0) is 25.6 Å². The number of amides is 4. The Morgan fingerprint density at radius 3 is 2.51 bits per heavy atom. The Hall–Kier alpha value is -3.41. The number of aromatic nitrogens is 1. The predicted molar refractivity (Wildman–Crippen MR) is 146 cm³/mol. The molecule has 39 heavy (non-hydrogen) atoms. The minimum atomic E-state index is -0.695. The van der Waals surface area contributed by atoms with Crippen LogP contribution in [0.1, 0.15) is 30.9 Å². The van der Waals surface area contributed by atoms with E-state index < -0.39 is 11.8 Å². The number of rotatable bonds is 4. The SMILES string of the molecule is O=C1CCN(c2ccc3c(c2)c(Br)cn3C2COC3(CCN(C(=O)OCc4ccccc4)CC3)OC2)C(=O)N1. The van der Waals surface area contributed by atoms with Crippen molar-refractivity contribution < 1.29 is 28.6 Å². The molecule has 11 heteroatoms. The number of halogens is 1. The van der Waals surface area contributed by atoms with E-state index in [0.29, 0.717) is 45.7 Å². The molecule has 10 nitrogen and oxygen atoms in total. The van der Waals surface area contributed by atoms with Gasteiger partial charge in [-0.05, 0) is 39.7 Å². The summed E-state index contributed by atoms with van der Waals surface area (Å²) in [5.41, 5.74) is 2.68. The van der Waals surface area contributed by atoms with Crippen molar-refractivity contribution in [3.63, 3.8) is 0 Å². The normalized spacial score (nSPS) is 19.9. The molecule has 3 aromatic rings. The molecular weight excluding hydrogens is 568 g/mol. The van der Waals surface area contributed by atoms with Crippen LogP contribution in [0.2, 0.25) is 0 Å². The number of carbonyl (C=O) groups is 3. The number of likely N-dealkylation sites (tertiary alicyclic amines) is 1. The van der Waals surface area contributed by atoms with E-state index in [1.54, 1.807) is 9.80 Å². The maximum atomic E-state index is 12.5. The van der Waals surface area contributed by atoms with Crippen molar-refractivity contribution in [1.29, 1.82) is 0 Å². The zero-order chi connectivity index (χ0) is 27.0. The van der Waals surface area contributed by atoms with Gasteiger partial charge in [-0.2, -0.15) is 0 Å². The molecule has 4 heterocycles. The summed E-state index contributed by atoms with van der Waals surface area (Å²) in [4.78, 5) is 39.6. The van der Waals surface area contributed by atoms with Crippen LogP contribution in [0, 0.1) is 0 Å². The van der Waals surface area contributed by atoms with E-state index in [2.05, 4.69) is 25.8 Å². The molecule has 0 bridgehead atoms. The second-order valence-electron chi connectivity index (χ2n) is 10.1. The van der Waals surface area contributed by atoms with Gasteiger partial charge in [-0.1, -0.05) is 30.3 Å². The molecule has 2 aromatic carbocycles. The van der Waals surface area contributed by atoms with Crippen LogP contribution in [0.25, 0.3) is 10.9 Å². The zero-order valence-electron chi connectivity index (χ0n) is 21.3. The van der Waals surface area contributed by atoms with Crippen LogP contribution in [0.3, 0.4) is 0 Å². The fraction of sp³-hybridized carbons (Fsp3) is 0.393. The number of imide groups is 1. The Kier molecular flexibility index (Phi) is 7.05. The van der Waals surface area contributed by atoms with Crippen molar-refractivity contribution in [3.8, 4) is 0 Å². The molecule has 4 amide bonds. The fourth-order valence-electron chi connectivity index (χ4n) is 5.36. The van der Waals surface area contributed by atoms with Crippen LogP contribution in [0.4, 0.5) is 15.3 Å². The Bertz CT molecular complexity index is 1390. The van der Waals surface area contributed by atoms with E-state index in [0.717, 1.165) is 26.6 Å². The molecule has 6 rings (SSSR count). The molecule has 3 aliphatic rings. The summed E-state index contributed by atoms with van der Waals surface area (Å²) < 4.78 is 21.1. The Labute approximate surface area is 233 Å². The number of nitrogens with one attached hydrogen (secondary N) is 1. The number of urea groups is 1. The molecule has 0 aliphatic carbocycles. The van der Waals surface area contributed by atoms with Crippen LogP contribution in [-0.4, -0.2) is 66.1 Å². The van der Waals surface area contributed by atoms with E-state index in [4.69, 9.17) is 14.2 Å². The van der Waals surface area contributed by atoms with Gasteiger partial charge in [0, 0.05) is 66.2 Å². The summed E-state index contributed by atoms with van der Waals surface area (Å²) in [6, 6.07) is 15.0. The molecule has 0 saturated carbocycles. The molecule has 3 saturated heterocycles. The highest BCUT2D eigenvalue weighted by Gasteiger charge is 2.42. The van der Waals surface area contributed by atoms with Crippen molar-refractivity contribution in [2.75, 3.05) is 37.7 Å². The number of carbonyl (C=O) groups excluding carboxylic acids is 3. The summed E-state index contributed by atoms with van der Waals surface area (Å²) in [6.45, 7) is 2.58. The Balaban J connectivity index is 1.06. The van der Waals surface area contributed by atoms with Gasteiger partial charge in [-0.25, -0.2) is 9.59 Å². The lowest BCUT2D eigenvalue weighted by molar-refractivity contribution is -0.293. The van der Waals surface area contributed by atoms with Crippen molar-refractivity contribution in [2.24, 2.45) is 0 Å². The number of nitrogens with zero attached hydrogens (tertiary/aromatic N) is 3. The number of hydrogen-bond acceptors (Lipinski definition) is 6. The van der Waals surface area contributed by atoms with Gasteiger partial charge in [-0.15, -0.1) is 0 Å². The summed E-state index contributed by atoms with van der Waals surface area (Å²) in [5.74, 6) is -0.951. The van der Waals surface area contributed by atoms with Gasteiger partial charge in [0.25, 0.3) is 0 Å². The topological polar surface area (TPSA) is 102 Å². The van der Waals surface area contributed by atoms with Gasteiger partial charge >= 0.3 is 12.1 Å². The summed E-state index contributed by atoms with van der Waals surface area (Å²) in [5, 5.41) is 3.33. The second kappa shape index (κ2) is 10.6. The van der Waals surface area contributed by atoms with Crippen LogP contribution in [0.5, 0.6) is 0 Å². The van der Waals surface area contributed by atoms with E-state index in [9.17, 15) is 14.4 Å². The maximum Gasteiger partial charge on any atom is 0.410 e. The molecular formula is C28H29BrN4O6. The molecule has 3 aliphatic heterocycles. The first kappa shape index (κ1) is 25.8. The summed E-state index contributed by atoms with van der Waals surface area (Å²) in [6.07, 6.45) is 3.13. The number of ether oxygens (including phenoxy) is 3. The van der Waals surface area contributed by atoms with E-state index in [-0.39, 0.29) is 31.1 Å². The molecule has 1 aromatic heterocycles. The quantitative estimate of drug-likeness (QED) is 0.473. The average molecular weight is 597 g/mol. The van der Waals surface area contributed by atoms with Gasteiger partial charge in [0.2, 0.25) is 5.91 Å². The van der Waals surface area contributed by atoms with Crippen molar-refractivity contribution in [2.45, 2.75) is 37.7 Å². The van der Waals surface area contributed by atoms with Crippen LogP contribution in [0.15, 0.2) is 59.2 Å². The summed E-state index contributed by atoms with van der Waals surface area (Å²) in [7, 11) is 0. The first-order chi connectivity index (χ1) is 18.9. The second-order valence-corrected chi connectivity index (χ2v) is 10.9. The zero-order valence-corrected chi connectivity index (χ0v) is 22.9. The minimum Gasteiger partial charge on any atom is -0.445 e. The lowest BCUT2D eigenvalue weighted by Gasteiger charge is -2.45. The molecule has 204 valence electrons. The first-order valence-electron chi connectivity index (χ1n) is 13.1. The molecule has 3 fully saturated rings. The largest absolute Gasteiger partial charge is 0.445 e. The number of anilines is 1. The predicted octanol–water partition coefficient (Wildman–Crippen LogP) is 4.57. The van der Waals surface area contributed by atoms with Gasteiger partial charge in [0.15, 0.2) is 5.79 Å². The van der Waals surface area contributed by atoms with Crippen LogP contribution >= 0.6 is 15.9 Å². The average Bonchev–Trinajstić information content (AvgIpc) is 3.28. The molecule has 1 spiro atoms. The third-order valence-electron chi connectivity index (χ3n) is 7.59. The number of hydrogen-bond donors (Lipinski definition) is 1. The number of fused-ring (bicyclic) bond motifs is 1. The van der Waals surface area contributed by atoms with Gasteiger partial charge in [0.05, 0.1) is 19.3 Å². The summed E-state index contributed by atoms with van der Waals surface area (Å²) >= 11 is 3.66. The smallest absolute Gasteiger partial charge is 0.410 e. The Morgan fingerprint density at radius 2 is 1.79 bits per heavy atom. The first-order valence-corrected chi connectivity index (χ1v) is 13.9. The molecule has 0 unspecified atom stereocenters. The third kappa shape index (κ3) is 5.26. The van der Waals surface area contributed by atoms with Crippen molar-refractivity contribution in [3.05, 3.63) is 64.8 Å². The highest BCUT2D eigenvalue weighted by molar-refractivity contribution is 9.10. The van der Waals surface area contributed by atoms with Crippen LogP contribution < -0.4 is 10.2 Å².